The molecule has 2 amide bonds. The second-order valence-corrected chi connectivity index (χ2v) is 4.96. The molecule has 0 bridgehead atoms. The zero-order valence-electron chi connectivity index (χ0n) is 11.6. The molecule has 1 aromatic heterocycles. The van der Waals surface area contributed by atoms with E-state index >= 15 is 0 Å². The molecule has 4 N–H and O–H groups in total. The summed E-state index contributed by atoms with van der Waals surface area (Å²) in [5.41, 5.74) is 5.34. The monoisotopic (exact) mass is 309 g/mol. The van der Waals surface area contributed by atoms with Gasteiger partial charge in [-0.15, -0.1) is 0 Å². The fraction of sp³-hybridized carbons (Fsp3) is 0.500. The van der Waals surface area contributed by atoms with Crippen molar-refractivity contribution in [1.82, 2.24) is 9.97 Å². The molecule has 1 fully saturated rings. The van der Waals surface area contributed by atoms with Crippen molar-refractivity contribution in [3.05, 3.63) is 6.20 Å². The molecular formula is C12H15N5O5. The molecule has 10 nitrogen and oxygen atoms in total. The van der Waals surface area contributed by atoms with Crippen molar-refractivity contribution in [3.63, 3.8) is 0 Å². The average Bonchev–Trinajstić information content (AvgIpc) is 2.86. The van der Waals surface area contributed by atoms with E-state index in [1.54, 1.807) is 0 Å². The summed E-state index contributed by atoms with van der Waals surface area (Å²) in [6.45, 7) is 0.195. The Balaban J connectivity index is 1.75. The average molecular weight is 309 g/mol. The van der Waals surface area contributed by atoms with Gasteiger partial charge in [-0.3, -0.25) is 9.69 Å². The van der Waals surface area contributed by atoms with Gasteiger partial charge in [0.2, 0.25) is 0 Å². The molecule has 0 aliphatic carbocycles. The Bertz CT molecular complexity index is 610. The van der Waals surface area contributed by atoms with Crippen LogP contribution < -0.4 is 20.7 Å². The Kier molecular flexibility index (Phi) is 3.77. The van der Waals surface area contributed by atoms with E-state index in [1.165, 1.54) is 11.1 Å². The van der Waals surface area contributed by atoms with Gasteiger partial charge in [0.1, 0.15) is 6.10 Å². The second-order valence-electron chi connectivity index (χ2n) is 4.96. The first kappa shape index (κ1) is 14.5. The van der Waals surface area contributed by atoms with E-state index in [-0.39, 0.29) is 49.5 Å². The van der Waals surface area contributed by atoms with Gasteiger partial charge in [-0.05, 0) is 0 Å². The van der Waals surface area contributed by atoms with Gasteiger partial charge in [-0.2, -0.15) is 0 Å². The SMILES string of the molecule is NCC(O)CC1CN(c2cnc3c(n2)NC(=O)CO3)C(=O)O1. The van der Waals surface area contributed by atoms with Crippen LogP contribution in [0.5, 0.6) is 5.88 Å². The van der Waals surface area contributed by atoms with Crippen LogP contribution in [0.15, 0.2) is 6.20 Å². The first-order valence-electron chi connectivity index (χ1n) is 6.73. The van der Waals surface area contributed by atoms with Gasteiger partial charge in [0.25, 0.3) is 11.8 Å². The Morgan fingerprint density at radius 2 is 2.36 bits per heavy atom. The number of nitrogens with one attached hydrogen (secondary N) is 1. The Morgan fingerprint density at radius 3 is 3.14 bits per heavy atom. The summed E-state index contributed by atoms with van der Waals surface area (Å²) in [5.74, 6) is 0.254. The summed E-state index contributed by atoms with van der Waals surface area (Å²) in [4.78, 5) is 32.6. The molecule has 2 aliphatic heterocycles. The molecule has 0 radical (unpaired) electrons. The van der Waals surface area contributed by atoms with Gasteiger partial charge in [0.15, 0.2) is 18.2 Å². The zero-order valence-corrected chi connectivity index (χ0v) is 11.6. The third kappa shape index (κ3) is 2.78. The first-order valence-corrected chi connectivity index (χ1v) is 6.73. The highest BCUT2D eigenvalue weighted by Crippen LogP contribution is 2.28. The van der Waals surface area contributed by atoms with Crippen molar-refractivity contribution in [2.45, 2.75) is 18.6 Å². The lowest BCUT2D eigenvalue weighted by Gasteiger charge is -2.18. The maximum atomic E-state index is 11.9. The number of ether oxygens (including phenoxy) is 2. The minimum atomic E-state index is -0.736. The summed E-state index contributed by atoms with van der Waals surface area (Å²) in [6.07, 6.45) is -0.197. The van der Waals surface area contributed by atoms with E-state index in [0.29, 0.717) is 0 Å². The highest BCUT2D eigenvalue weighted by molar-refractivity contribution is 5.94. The molecule has 0 aromatic carbocycles. The summed E-state index contributed by atoms with van der Waals surface area (Å²) in [6, 6.07) is 0. The number of hydrogen-bond donors (Lipinski definition) is 3. The van der Waals surface area contributed by atoms with E-state index in [2.05, 4.69) is 15.3 Å². The molecule has 2 aliphatic rings. The van der Waals surface area contributed by atoms with Crippen molar-refractivity contribution in [2.75, 3.05) is 29.9 Å². The number of nitrogens with two attached hydrogens (primary N) is 1. The van der Waals surface area contributed by atoms with Crippen LogP contribution in [0.2, 0.25) is 0 Å². The molecule has 22 heavy (non-hydrogen) atoms. The quantitative estimate of drug-likeness (QED) is 0.633. The van der Waals surface area contributed by atoms with Gasteiger partial charge in [-0.1, -0.05) is 0 Å². The number of cyclic esters (lactones) is 1. The van der Waals surface area contributed by atoms with Crippen molar-refractivity contribution in [3.8, 4) is 5.88 Å². The normalized spacial score (nSPS) is 21.7. The maximum Gasteiger partial charge on any atom is 0.415 e. The van der Waals surface area contributed by atoms with Crippen LogP contribution in [0.3, 0.4) is 0 Å². The molecule has 1 saturated heterocycles. The van der Waals surface area contributed by atoms with Gasteiger partial charge >= 0.3 is 6.09 Å². The predicted octanol–water partition coefficient (Wildman–Crippen LogP) is -1.16. The second kappa shape index (κ2) is 5.73. The summed E-state index contributed by atoms with van der Waals surface area (Å²) >= 11 is 0. The van der Waals surface area contributed by atoms with E-state index in [0.717, 1.165) is 0 Å². The van der Waals surface area contributed by atoms with E-state index in [9.17, 15) is 14.7 Å². The summed E-state index contributed by atoms with van der Waals surface area (Å²) in [7, 11) is 0. The fourth-order valence-electron chi connectivity index (χ4n) is 2.22. The highest BCUT2D eigenvalue weighted by Gasteiger charge is 2.35. The number of fused-ring (bicyclic) bond motifs is 1. The van der Waals surface area contributed by atoms with Gasteiger partial charge in [0.05, 0.1) is 18.8 Å². The lowest BCUT2D eigenvalue weighted by molar-refractivity contribution is -0.118. The molecule has 2 atom stereocenters. The van der Waals surface area contributed by atoms with Crippen LogP contribution in [-0.2, 0) is 9.53 Å². The number of hydrogen-bond acceptors (Lipinski definition) is 8. The number of anilines is 2. The molecule has 3 rings (SSSR count). The molecular weight excluding hydrogens is 294 g/mol. The summed E-state index contributed by atoms with van der Waals surface area (Å²) in [5, 5.41) is 12.0. The lowest BCUT2D eigenvalue weighted by Crippen LogP contribution is -2.30. The minimum absolute atomic E-state index is 0.0933. The van der Waals surface area contributed by atoms with E-state index in [1.807, 2.05) is 0 Å². The number of aliphatic hydroxyl groups excluding tert-OH is 1. The highest BCUT2D eigenvalue weighted by atomic mass is 16.6. The van der Waals surface area contributed by atoms with Crippen LogP contribution in [0, 0.1) is 0 Å². The smallest absolute Gasteiger partial charge is 0.415 e. The molecule has 0 spiro atoms. The number of nitrogens with zero attached hydrogens (tertiary/aromatic N) is 3. The van der Waals surface area contributed by atoms with Gasteiger partial charge in [0, 0.05) is 13.0 Å². The largest absolute Gasteiger partial charge is 0.465 e. The van der Waals surface area contributed by atoms with Crippen LogP contribution in [0.4, 0.5) is 16.4 Å². The standard InChI is InChI=1S/C12H15N5O5/c13-2-6(18)1-7-4-17(12(20)22-7)8-3-14-11-10(15-8)16-9(19)5-21-11/h3,6-7,18H,1-2,4-5,13H2,(H,15,16,19). The third-order valence-electron chi connectivity index (χ3n) is 3.28. The molecule has 10 heteroatoms. The summed E-state index contributed by atoms with van der Waals surface area (Å²) < 4.78 is 10.3. The number of aromatic nitrogens is 2. The van der Waals surface area contributed by atoms with Crippen molar-refractivity contribution < 1.29 is 24.2 Å². The van der Waals surface area contributed by atoms with E-state index < -0.39 is 18.3 Å². The van der Waals surface area contributed by atoms with Gasteiger partial charge < -0.3 is 25.6 Å². The molecule has 1 aromatic rings. The van der Waals surface area contributed by atoms with Crippen LogP contribution >= 0.6 is 0 Å². The molecule has 3 heterocycles. The van der Waals surface area contributed by atoms with Crippen molar-refractivity contribution in [2.24, 2.45) is 5.73 Å². The van der Waals surface area contributed by atoms with Gasteiger partial charge in [-0.25, -0.2) is 14.8 Å². The van der Waals surface area contributed by atoms with E-state index in [4.69, 9.17) is 15.2 Å². The maximum absolute atomic E-state index is 11.9. The lowest BCUT2D eigenvalue weighted by atomic mass is 10.1. The topological polar surface area (TPSA) is 140 Å². The minimum Gasteiger partial charge on any atom is -0.465 e. The predicted molar refractivity (Wildman–Crippen MR) is 73.4 cm³/mol. The number of rotatable bonds is 4. The Labute approximate surface area is 125 Å². The first-order chi connectivity index (χ1) is 10.6. The number of amides is 2. The Morgan fingerprint density at radius 1 is 1.55 bits per heavy atom. The van der Waals surface area contributed by atoms with Crippen LogP contribution in [0.25, 0.3) is 0 Å². The number of aliphatic hydroxyl groups is 1. The number of carbonyl (C=O) groups is 2. The molecule has 2 unspecified atom stereocenters. The van der Waals surface area contributed by atoms with Crippen LogP contribution in [-0.4, -0.2) is 59.0 Å². The van der Waals surface area contributed by atoms with Crippen molar-refractivity contribution >= 4 is 23.6 Å². The molecule has 0 saturated carbocycles. The van der Waals surface area contributed by atoms with Crippen LogP contribution in [0.1, 0.15) is 6.42 Å². The molecule has 118 valence electrons. The third-order valence-corrected chi connectivity index (χ3v) is 3.28. The fourth-order valence-corrected chi connectivity index (χ4v) is 2.22. The number of carbonyl (C=O) groups excluding carboxylic acids is 2. The zero-order chi connectivity index (χ0) is 15.7. The van der Waals surface area contributed by atoms with Crippen molar-refractivity contribution in [1.29, 1.82) is 0 Å². The Hall–Kier alpha value is -2.46.